The first-order chi connectivity index (χ1) is 25.5. The zero-order valence-corrected chi connectivity index (χ0v) is 34.7. The van der Waals surface area contributed by atoms with Crippen LogP contribution in [0.15, 0.2) is 18.7 Å². The lowest BCUT2D eigenvalue weighted by atomic mass is 10.0. The van der Waals surface area contributed by atoms with Gasteiger partial charge in [0.05, 0.1) is 25.3 Å². The van der Waals surface area contributed by atoms with E-state index >= 15 is 0 Å². The summed E-state index contributed by atoms with van der Waals surface area (Å²) in [7, 11) is 0. The maximum absolute atomic E-state index is 13.7. The Kier molecular flexibility index (Phi) is 33.2. The first-order valence-electron chi connectivity index (χ1n) is 21.7. The maximum Gasteiger partial charge on any atom is 0.310 e. The van der Waals surface area contributed by atoms with Crippen LogP contribution < -0.4 is 5.32 Å². The van der Waals surface area contributed by atoms with Gasteiger partial charge in [0.15, 0.2) is 0 Å². The first kappa shape index (κ1) is 48.0. The molecule has 0 aliphatic carbocycles. The Bertz CT molecular complexity index is 945. The SMILES string of the molecule is CCCCCCCCCCCCOC(=O)CCSCC(CC(=O)NCCCn1ccnc1)C(=O)OC(CCCCCCCC)CCCCCCCC. The number of thioether (sulfide) groups is 1. The number of imidazole rings is 1. The number of esters is 2. The van der Waals surface area contributed by atoms with Crippen LogP contribution in [-0.4, -0.2) is 58.2 Å². The Morgan fingerprint density at radius 2 is 1.25 bits per heavy atom. The van der Waals surface area contributed by atoms with Crippen molar-refractivity contribution in [3.8, 4) is 0 Å². The molecule has 0 aromatic carbocycles. The second-order valence-corrected chi connectivity index (χ2v) is 16.0. The van der Waals surface area contributed by atoms with Gasteiger partial charge < -0.3 is 19.4 Å². The predicted molar refractivity (Wildman–Crippen MR) is 219 cm³/mol. The van der Waals surface area contributed by atoms with E-state index in [2.05, 4.69) is 31.1 Å². The van der Waals surface area contributed by atoms with Gasteiger partial charge in [-0.25, -0.2) is 4.98 Å². The summed E-state index contributed by atoms with van der Waals surface area (Å²) in [6.45, 7) is 8.51. The highest BCUT2D eigenvalue weighted by Gasteiger charge is 2.26. The summed E-state index contributed by atoms with van der Waals surface area (Å²) < 4.78 is 13.7. The van der Waals surface area contributed by atoms with Gasteiger partial charge in [0.25, 0.3) is 0 Å². The van der Waals surface area contributed by atoms with Crippen molar-refractivity contribution < 1.29 is 23.9 Å². The van der Waals surface area contributed by atoms with Crippen molar-refractivity contribution in [1.29, 1.82) is 0 Å². The molecule has 0 saturated carbocycles. The highest BCUT2D eigenvalue weighted by molar-refractivity contribution is 7.99. The molecule has 1 heterocycles. The highest BCUT2D eigenvalue weighted by atomic mass is 32.2. The lowest BCUT2D eigenvalue weighted by molar-refractivity contribution is -0.155. The van der Waals surface area contributed by atoms with Crippen LogP contribution in [0.25, 0.3) is 0 Å². The molecule has 1 N–H and O–H groups in total. The van der Waals surface area contributed by atoms with E-state index in [0.29, 0.717) is 31.1 Å². The minimum atomic E-state index is -0.544. The molecule has 1 aromatic heterocycles. The number of hydrogen-bond acceptors (Lipinski definition) is 7. The third-order valence-corrected chi connectivity index (χ3v) is 10.9. The van der Waals surface area contributed by atoms with Crippen molar-refractivity contribution in [2.75, 3.05) is 24.7 Å². The van der Waals surface area contributed by atoms with Crippen LogP contribution in [0.4, 0.5) is 0 Å². The molecule has 1 amide bonds. The van der Waals surface area contributed by atoms with Crippen LogP contribution in [0.2, 0.25) is 0 Å². The van der Waals surface area contributed by atoms with Gasteiger partial charge in [-0.3, -0.25) is 14.4 Å². The molecule has 1 atom stereocenters. The highest BCUT2D eigenvalue weighted by Crippen LogP contribution is 2.22. The zero-order valence-electron chi connectivity index (χ0n) is 33.9. The van der Waals surface area contributed by atoms with Crippen LogP contribution >= 0.6 is 11.8 Å². The summed E-state index contributed by atoms with van der Waals surface area (Å²) in [6, 6.07) is 0. The minimum Gasteiger partial charge on any atom is -0.466 e. The predicted octanol–water partition coefficient (Wildman–Crippen LogP) is 11.4. The van der Waals surface area contributed by atoms with Crippen molar-refractivity contribution in [3.05, 3.63) is 18.7 Å². The number of nitrogens with one attached hydrogen (secondary N) is 1. The Balaban J connectivity index is 2.56. The maximum atomic E-state index is 13.7. The Labute approximate surface area is 323 Å². The van der Waals surface area contributed by atoms with E-state index in [0.717, 1.165) is 51.5 Å². The monoisotopic (exact) mass is 750 g/mol. The van der Waals surface area contributed by atoms with E-state index in [1.807, 2.05) is 10.8 Å². The number of hydrogen-bond donors (Lipinski definition) is 1. The standard InChI is InChI=1S/C43H79N3O5S/c1-4-7-10-13-16-17-18-19-22-25-34-50-42(48)29-35-52-37-39(36-41(47)45-30-26-32-46-33-31-44-38-46)43(49)51-40(27-23-20-14-11-8-5-2)28-24-21-15-12-9-6-3/h31,33,38-40H,4-30,32,34-37H2,1-3H3,(H,45,47). The number of amides is 1. The summed E-state index contributed by atoms with van der Waals surface area (Å²) in [5.74, 6) is -0.118. The lowest BCUT2D eigenvalue weighted by Gasteiger charge is -2.22. The number of ether oxygens (including phenoxy) is 2. The van der Waals surface area contributed by atoms with Crippen LogP contribution in [0.5, 0.6) is 0 Å². The topological polar surface area (TPSA) is 99.5 Å². The lowest BCUT2D eigenvalue weighted by Crippen LogP contribution is -2.33. The number of aromatic nitrogens is 2. The fourth-order valence-electron chi connectivity index (χ4n) is 6.47. The van der Waals surface area contributed by atoms with Crippen molar-refractivity contribution in [2.24, 2.45) is 5.92 Å². The number of carbonyl (C=O) groups excluding carboxylic acids is 3. The summed E-state index contributed by atoms with van der Waals surface area (Å²) >= 11 is 1.54. The van der Waals surface area contributed by atoms with Crippen molar-refractivity contribution in [3.63, 3.8) is 0 Å². The summed E-state index contributed by atoms with van der Waals surface area (Å²) in [5.41, 5.74) is 0. The fourth-order valence-corrected chi connectivity index (χ4v) is 7.49. The fraction of sp³-hybridized carbons (Fsp3) is 0.860. The van der Waals surface area contributed by atoms with Crippen molar-refractivity contribution >= 4 is 29.6 Å². The van der Waals surface area contributed by atoms with Gasteiger partial charge in [0, 0.05) is 43.4 Å². The molecule has 1 unspecified atom stereocenters. The van der Waals surface area contributed by atoms with Gasteiger partial charge in [0.1, 0.15) is 6.10 Å². The van der Waals surface area contributed by atoms with E-state index in [1.54, 1.807) is 12.5 Å². The minimum absolute atomic E-state index is 0.0981. The molecule has 302 valence electrons. The Morgan fingerprint density at radius 3 is 1.79 bits per heavy atom. The van der Waals surface area contributed by atoms with Gasteiger partial charge >= 0.3 is 11.9 Å². The molecule has 1 rings (SSSR count). The molecule has 0 aliphatic rings. The molecule has 0 aliphatic heterocycles. The Hall–Kier alpha value is -2.03. The van der Waals surface area contributed by atoms with E-state index in [-0.39, 0.29) is 30.4 Å². The quantitative estimate of drug-likeness (QED) is 0.0531. The molecule has 0 fully saturated rings. The average molecular weight is 750 g/mol. The third kappa shape index (κ3) is 29.4. The largest absolute Gasteiger partial charge is 0.466 e. The Morgan fingerprint density at radius 1 is 0.712 bits per heavy atom. The molecule has 1 aromatic rings. The normalized spacial score (nSPS) is 11.9. The number of unbranched alkanes of at least 4 members (excludes halogenated alkanes) is 19. The smallest absolute Gasteiger partial charge is 0.310 e. The number of aryl methyl sites for hydroxylation is 1. The second kappa shape index (κ2) is 36.0. The molecule has 9 heteroatoms. The van der Waals surface area contributed by atoms with E-state index in [4.69, 9.17) is 9.47 Å². The summed E-state index contributed by atoms with van der Waals surface area (Å²) in [5, 5.41) is 3.00. The molecule has 0 bridgehead atoms. The zero-order chi connectivity index (χ0) is 37.7. The number of rotatable bonds is 38. The van der Waals surface area contributed by atoms with Gasteiger partial charge in [0.2, 0.25) is 5.91 Å². The first-order valence-corrected chi connectivity index (χ1v) is 22.8. The molecule has 52 heavy (non-hydrogen) atoms. The van der Waals surface area contributed by atoms with Crippen LogP contribution in [-0.2, 0) is 30.4 Å². The van der Waals surface area contributed by atoms with Crippen molar-refractivity contribution in [1.82, 2.24) is 14.9 Å². The van der Waals surface area contributed by atoms with Crippen LogP contribution in [0, 0.1) is 5.92 Å². The van der Waals surface area contributed by atoms with E-state index in [9.17, 15) is 14.4 Å². The van der Waals surface area contributed by atoms with E-state index in [1.165, 1.54) is 127 Å². The third-order valence-electron chi connectivity index (χ3n) is 9.81. The van der Waals surface area contributed by atoms with Gasteiger partial charge in [-0.15, -0.1) is 0 Å². The van der Waals surface area contributed by atoms with Crippen LogP contribution in [0.1, 0.15) is 194 Å². The van der Waals surface area contributed by atoms with Crippen LogP contribution in [0.3, 0.4) is 0 Å². The molecule has 0 spiro atoms. The molecular formula is C43H79N3O5S. The average Bonchev–Trinajstić information content (AvgIpc) is 3.66. The molecule has 0 saturated heterocycles. The van der Waals surface area contributed by atoms with E-state index < -0.39 is 5.92 Å². The summed E-state index contributed by atoms with van der Waals surface area (Å²) in [4.78, 5) is 43.1. The number of carbonyl (C=O) groups is 3. The van der Waals surface area contributed by atoms with Gasteiger partial charge in [-0.2, -0.15) is 11.8 Å². The second-order valence-electron chi connectivity index (χ2n) is 14.8. The van der Waals surface area contributed by atoms with Gasteiger partial charge in [-0.05, 0) is 38.5 Å². The number of nitrogens with zero attached hydrogens (tertiary/aromatic N) is 2. The molecule has 8 nitrogen and oxygen atoms in total. The van der Waals surface area contributed by atoms with Gasteiger partial charge in [-0.1, -0.05) is 143 Å². The van der Waals surface area contributed by atoms with Crippen molar-refractivity contribution in [2.45, 2.75) is 207 Å². The molecule has 0 radical (unpaired) electrons. The summed E-state index contributed by atoms with van der Waals surface area (Å²) in [6.07, 6.45) is 35.2. The molecular weight excluding hydrogens is 671 g/mol.